The number of pyridine rings is 1. The highest BCUT2D eigenvalue weighted by Crippen LogP contribution is 2.25. The second kappa shape index (κ2) is 5.26. The van der Waals surface area contributed by atoms with Crippen LogP contribution >= 0.6 is 0 Å². The van der Waals surface area contributed by atoms with E-state index < -0.39 is 11.9 Å². The summed E-state index contributed by atoms with van der Waals surface area (Å²) in [4.78, 5) is 28.6. The first-order valence-electron chi connectivity index (χ1n) is 6.04. The number of carbonyl (C=O) groups is 2. The van der Waals surface area contributed by atoms with E-state index in [1.807, 2.05) is 17.9 Å². The first-order chi connectivity index (χ1) is 9.02. The molecule has 0 aliphatic carbocycles. The van der Waals surface area contributed by atoms with E-state index >= 15 is 0 Å². The lowest BCUT2D eigenvalue weighted by molar-refractivity contribution is -0.146. The minimum Gasteiger partial charge on any atom is -0.481 e. The smallest absolute Gasteiger partial charge is 0.315 e. The molecule has 2 heterocycles. The van der Waals surface area contributed by atoms with Crippen LogP contribution in [0, 0.1) is 12.8 Å². The molecule has 2 rings (SSSR count). The molecule has 1 aliphatic rings. The van der Waals surface area contributed by atoms with Crippen molar-refractivity contribution in [3.05, 3.63) is 17.8 Å². The number of Topliss-reactive ketones (excluding diaryl/α,β-unsaturated/α-hetero) is 1. The van der Waals surface area contributed by atoms with Gasteiger partial charge in [-0.05, 0) is 13.0 Å². The van der Waals surface area contributed by atoms with Crippen LogP contribution in [0.15, 0.2) is 12.3 Å². The number of hydrogen-bond donors (Lipinski definition) is 1. The van der Waals surface area contributed by atoms with Gasteiger partial charge in [-0.15, -0.1) is 0 Å². The molecular formula is C13H16N2O4. The average molecular weight is 264 g/mol. The van der Waals surface area contributed by atoms with Gasteiger partial charge in [0.25, 0.3) is 0 Å². The largest absolute Gasteiger partial charge is 0.481 e. The van der Waals surface area contributed by atoms with E-state index in [-0.39, 0.29) is 18.7 Å². The van der Waals surface area contributed by atoms with E-state index in [1.165, 1.54) is 0 Å². The van der Waals surface area contributed by atoms with Crippen LogP contribution in [0.3, 0.4) is 0 Å². The van der Waals surface area contributed by atoms with Gasteiger partial charge in [0.1, 0.15) is 5.92 Å². The predicted octanol–water partition coefficient (Wildman–Crippen LogP) is 0.879. The van der Waals surface area contributed by atoms with Gasteiger partial charge in [0, 0.05) is 25.1 Å². The minimum atomic E-state index is -1.06. The summed E-state index contributed by atoms with van der Waals surface area (Å²) in [6.45, 7) is 2.59. The van der Waals surface area contributed by atoms with Crippen molar-refractivity contribution < 1.29 is 19.4 Å². The van der Waals surface area contributed by atoms with Crippen LogP contribution in [-0.2, 0) is 9.59 Å². The lowest BCUT2D eigenvalue weighted by Gasteiger charge is -2.31. The number of ketones is 1. The fourth-order valence-electron chi connectivity index (χ4n) is 2.22. The number of nitrogens with zero attached hydrogens (tertiary/aromatic N) is 2. The van der Waals surface area contributed by atoms with E-state index in [0.717, 1.165) is 11.3 Å². The second-order valence-corrected chi connectivity index (χ2v) is 4.57. The van der Waals surface area contributed by atoms with Crippen LogP contribution in [0.2, 0.25) is 0 Å². The van der Waals surface area contributed by atoms with Crippen molar-refractivity contribution in [3.8, 4) is 5.88 Å². The van der Waals surface area contributed by atoms with Crippen molar-refractivity contribution in [3.63, 3.8) is 0 Å². The number of ether oxygens (including phenoxy) is 1. The summed E-state index contributed by atoms with van der Waals surface area (Å²) in [5, 5.41) is 9.03. The number of hydrogen-bond acceptors (Lipinski definition) is 5. The molecule has 0 saturated carbocycles. The molecule has 1 unspecified atom stereocenters. The van der Waals surface area contributed by atoms with Crippen molar-refractivity contribution in [2.45, 2.75) is 13.3 Å². The maximum Gasteiger partial charge on any atom is 0.315 e. The monoisotopic (exact) mass is 264 g/mol. The molecule has 1 fully saturated rings. The molecule has 1 aliphatic heterocycles. The van der Waals surface area contributed by atoms with E-state index in [9.17, 15) is 9.59 Å². The van der Waals surface area contributed by atoms with Crippen molar-refractivity contribution in [1.82, 2.24) is 4.98 Å². The summed E-state index contributed by atoms with van der Waals surface area (Å²) in [7, 11) is 1.55. The molecule has 0 spiro atoms. The first kappa shape index (κ1) is 13.3. The Morgan fingerprint density at radius 3 is 2.89 bits per heavy atom. The third kappa shape index (κ3) is 2.67. The van der Waals surface area contributed by atoms with Crippen LogP contribution in [0.1, 0.15) is 12.0 Å². The number of aryl methyl sites for hydroxylation is 1. The molecule has 19 heavy (non-hydrogen) atoms. The predicted molar refractivity (Wildman–Crippen MR) is 68.5 cm³/mol. The van der Waals surface area contributed by atoms with Gasteiger partial charge in [-0.2, -0.15) is 0 Å². The van der Waals surface area contributed by atoms with Crippen LogP contribution in [0.25, 0.3) is 0 Å². The Hall–Kier alpha value is -2.11. The zero-order valence-electron chi connectivity index (χ0n) is 10.9. The second-order valence-electron chi connectivity index (χ2n) is 4.57. The first-order valence-corrected chi connectivity index (χ1v) is 6.04. The number of methoxy groups -OCH3 is 1. The van der Waals surface area contributed by atoms with Crippen LogP contribution in [-0.4, -0.2) is 42.0 Å². The van der Waals surface area contributed by atoms with E-state index in [2.05, 4.69) is 4.98 Å². The minimum absolute atomic E-state index is 0.196. The Morgan fingerprint density at radius 2 is 2.32 bits per heavy atom. The highest BCUT2D eigenvalue weighted by molar-refractivity contribution is 5.99. The van der Waals surface area contributed by atoms with Gasteiger partial charge < -0.3 is 14.7 Å². The van der Waals surface area contributed by atoms with Crippen LogP contribution in [0.4, 0.5) is 5.69 Å². The molecule has 102 valence electrons. The van der Waals surface area contributed by atoms with Crippen molar-refractivity contribution >= 4 is 17.4 Å². The Kier molecular flexibility index (Phi) is 3.69. The zero-order chi connectivity index (χ0) is 14.0. The van der Waals surface area contributed by atoms with E-state index in [1.54, 1.807) is 13.3 Å². The molecule has 1 atom stereocenters. The van der Waals surface area contributed by atoms with Gasteiger partial charge in [-0.25, -0.2) is 4.98 Å². The third-order valence-electron chi connectivity index (χ3n) is 3.29. The highest BCUT2D eigenvalue weighted by Gasteiger charge is 2.32. The van der Waals surface area contributed by atoms with Gasteiger partial charge in [0.2, 0.25) is 5.88 Å². The zero-order valence-corrected chi connectivity index (χ0v) is 10.9. The van der Waals surface area contributed by atoms with Gasteiger partial charge in [-0.1, -0.05) is 0 Å². The summed E-state index contributed by atoms with van der Waals surface area (Å²) < 4.78 is 5.09. The molecule has 0 bridgehead atoms. The molecule has 0 amide bonds. The number of aromatic nitrogens is 1. The van der Waals surface area contributed by atoms with Crippen molar-refractivity contribution in [2.75, 3.05) is 25.1 Å². The fourth-order valence-corrected chi connectivity index (χ4v) is 2.22. The Labute approximate surface area is 111 Å². The molecule has 1 saturated heterocycles. The lowest BCUT2D eigenvalue weighted by atomic mass is 9.96. The van der Waals surface area contributed by atoms with Crippen molar-refractivity contribution in [1.29, 1.82) is 0 Å². The lowest BCUT2D eigenvalue weighted by Crippen LogP contribution is -2.44. The summed E-state index contributed by atoms with van der Waals surface area (Å²) in [6, 6.07) is 1.89. The van der Waals surface area contributed by atoms with Crippen LogP contribution in [0.5, 0.6) is 5.88 Å². The maximum absolute atomic E-state index is 11.5. The SMILES string of the molecule is COc1ncc(N2CCC(=O)C(C(=O)O)C2)cc1C. The molecule has 6 nitrogen and oxygen atoms in total. The average Bonchev–Trinajstić information content (AvgIpc) is 2.38. The van der Waals surface area contributed by atoms with E-state index in [4.69, 9.17) is 9.84 Å². The number of carboxylic acids is 1. The Bertz CT molecular complexity index is 515. The third-order valence-corrected chi connectivity index (χ3v) is 3.29. The highest BCUT2D eigenvalue weighted by atomic mass is 16.5. The standard InChI is InChI=1S/C13H16N2O4/c1-8-5-9(6-14-12(8)19-2)15-4-3-11(16)10(7-15)13(17)18/h5-6,10H,3-4,7H2,1-2H3,(H,17,18). The van der Waals surface area contributed by atoms with Gasteiger partial charge in [0.15, 0.2) is 5.78 Å². The molecular weight excluding hydrogens is 248 g/mol. The van der Waals surface area contributed by atoms with Crippen LogP contribution < -0.4 is 9.64 Å². The van der Waals surface area contributed by atoms with Gasteiger partial charge in [-0.3, -0.25) is 9.59 Å². The fraction of sp³-hybridized carbons (Fsp3) is 0.462. The maximum atomic E-state index is 11.5. The van der Waals surface area contributed by atoms with E-state index in [0.29, 0.717) is 12.4 Å². The number of aliphatic carboxylic acids is 1. The quantitative estimate of drug-likeness (QED) is 0.816. The summed E-state index contributed by atoms with van der Waals surface area (Å²) in [5.41, 5.74) is 1.70. The Morgan fingerprint density at radius 1 is 1.58 bits per heavy atom. The summed E-state index contributed by atoms with van der Waals surface area (Å²) in [6.07, 6.45) is 1.89. The van der Waals surface area contributed by atoms with Crippen molar-refractivity contribution in [2.24, 2.45) is 5.92 Å². The van der Waals surface area contributed by atoms with Gasteiger partial charge >= 0.3 is 5.97 Å². The number of carbonyl (C=O) groups excluding carboxylic acids is 1. The molecule has 1 aromatic heterocycles. The number of rotatable bonds is 3. The molecule has 1 aromatic rings. The molecule has 0 aromatic carbocycles. The summed E-state index contributed by atoms with van der Waals surface area (Å²) in [5.74, 6) is -1.67. The number of piperidine rings is 1. The molecule has 6 heteroatoms. The molecule has 1 N–H and O–H groups in total. The Balaban J connectivity index is 2.20. The number of carboxylic acid groups (broad SMARTS) is 1. The normalized spacial score (nSPS) is 19.4. The molecule has 0 radical (unpaired) electrons. The number of anilines is 1. The van der Waals surface area contributed by atoms with Gasteiger partial charge in [0.05, 0.1) is 19.0 Å². The summed E-state index contributed by atoms with van der Waals surface area (Å²) >= 11 is 0. The topological polar surface area (TPSA) is 79.7 Å².